The number of benzene rings is 1. The van der Waals surface area contributed by atoms with Crippen molar-refractivity contribution in [2.24, 2.45) is 0 Å². The number of hydrogen-bond donors (Lipinski definition) is 1. The number of halogens is 1. The summed E-state index contributed by atoms with van der Waals surface area (Å²) in [6, 6.07) is 4.70. The number of amides is 1. The summed E-state index contributed by atoms with van der Waals surface area (Å²) in [6.07, 6.45) is 3.33. The molecule has 182 valence electrons. The van der Waals surface area contributed by atoms with Crippen LogP contribution in [-0.4, -0.2) is 65.9 Å². The predicted molar refractivity (Wildman–Crippen MR) is 128 cm³/mol. The van der Waals surface area contributed by atoms with Crippen LogP contribution in [0.2, 0.25) is 0 Å². The molecule has 0 bridgehead atoms. The van der Waals surface area contributed by atoms with E-state index in [0.717, 1.165) is 5.69 Å². The highest BCUT2D eigenvalue weighted by atomic mass is 19.1. The lowest BCUT2D eigenvalue weighted by atomic mass is 10.0. The minimum absolute atomic E-state index is 0.0287. The van der Waals surface area contributed by atoms with Crippen LogP contribution in [0.4, 0.5) is 10.2 Å². The van der Waals surface area contributed by atoms with E-state index in [4.69, 9.17) is 19.9 Å². The SMILES string of the molecule is C=CC(=O)N1C[C@@H](c2cc(C#Cc3cc(OC)cc(OC)c3F)c3c(N)ncnn23)C[C@@H]1COC. The highest BCUT2D eigenvalue weighted by Crippen LogP contribution is 2.35. The molecule has 2 aromatic heterocycles. The first kappa shape index (κ1) is 24.0. The molecule has 0 aliphatic carbocycles. The Hall–Kier alpha value is -4.10. The van der Waals surface area contributed by atoms with Gasteiger partial charge in [0.2, 0.25) is 5.91 Å². The van der Waals surface area contributed by atoms with Gasteiger partial charge in [-0.25, -0.2) is 13.9 Å². The number of ether oxygens (including phenoxy) is 3. The average Bonchev–Trinajstić information content (AvgIpc) is 3.45. The third-order valence-corrected chi connectivity index (χ3v) is 6.06. The van der Waals surface area contributed by atoms with E-state index >= 15 is 0 Å². The van der Waals surface area contributed by atoms with Gasteiger partial charge in [0.15, 0.2) is 17.4 Å². The molecule has 1 aliphatic rings. The molecular weight excluding hydrogens is 453 g/mol. The molecular formula is C25H26FN5O4. The molecule has 2 atom stereocenters. The molecule has 0 saturated carbocycles. The van der Waals surface area contributed by atoms with Crippen LogP contribution in [0.1, 0.15) is 29.2 Å². The molecule has 4 rings (SSSR count). The van der Waals surface area contributed by atoms with Gasteiger partial charge in [0.05, 0.1) is 38.0 Å². The second-order valence-corrected chi connectivity index (χ2v) is 8.07. The van der Waals surface area contributed by atoms with Crippen LogP contribution in [0.5, 0.6) is 11.5 Å². The number of nitrogen functional groups attached to an aromatic ring is 1. The van der Waals surface area contributed by atoms with Crippen molar-refractivity contribution in [3.05, 3.63) is 59.8 Å². The molecule has 1 aromatic carbocycles. The highest BCUT2D eigenvalue weighted by Gasteiger charge is 2.37. The molecule has 3 heterocycles. The fourth-order valence-corrected chi connectivity index (χ4v) is 4.41. The van der Waals surface area contributed by atoms with Crippen LogP contribution in [0.3, 0.4) is 0 Å². The number of anilines is 1. The summed E-state index contributed by atoms with van der Waals surface area (Å²) in [5.41, 5.74) is 8.17. The van der Waals surface area contributed by atoms with Gasteiger partial charge in [-0.2, -0.15) is 5.10 Å². The van der Waals surface area contributed by atoms with Gasteiger partial charge in [-0.1, -0.05) is 18.4 Å². The third-order valence-electron chi connectivity index (χ3n) is 6.06. The minimum Gasteiger partial charge on any atom is -0.497 e. The van der Waals surface area contributed by atoms with Crippen LogP contribution in [0, 0.1) is 17.7 Å². The zero-order valence-corrected chi connectivity index (χ0v) is 19.7. The molecule has 1 fully saturated rings. The zero-order chi connectivity index (χ0) is 25.1. The molecule has 1 saturated heterocycles. The lowest BCUT2D eigenvalue weighted by Crippen LogP contribution is -2.37. The van der Waals surface area contributed by atoms with Crippen molar-refractivity contribution in [1.82, 2.24) is 19.5 Å². The van der Waals surface area contributed by atoms with E-state index in [0.29, 0.717) is 36.4 Å². The normalized spacial score (nSPS) is 17.2. The number of fused-ring (bicyclic) bond motifs is 1. The van der Waals surface area contributed by atoms with Crippen molar-refractivity contribution in [2.45, 2.75) is 18.4 Å². The standard InChI is InChI=1S/C25H26FN5O4/c1-5-22(32)30-12-17(8-18(30)13-33-2)20-10-16(24-25(27)28-14-29-31(20)24)7-6-15-9-19(34-3)11-21(35-4)23(15)26/h5,9-11,14,17-18H,1,8,12-13H2,2-4H3,(H2,27,28,29)/t17-,18+/m0/s1. The van der Waals surface area contributed by atoms with Crippen molar-refractivity contribution >= 4 is 17.2 Å². The zero-order valence-electron chi connectivity index (χ0n) is 19.7. The molecule has 10 heteroatoms. The smallest absolute Gasteiger partial charge is 0.246 e. The molecule has 0 spiro atoms. The highest BCUT2D eigenvalue weighted by molar-refractivity contribution is 5.87. The van der Waals surface area contributed by atoms with Crippen LogP contribution in [0.25, 0.3) is 5.52 Å². The summed E-state index contributed by atoms with van der Waals surface area (Å²) in [7, 11) is 4.46. The third kappa shape index (κ3) is 4.50. The van der Waals surface area contributed by atoms with Gasteiger partial charge in [-0.15, -0.1) is 0 Å². The van der Waals surface area contributed by atoms with E-state index in [-0.39, 0.29) is 35.0 Å². The summed E-state index contributed by atoms with van der Waals surface area (Å²) >= 11 is 0. The number of carbonyl (C=O) groups is 1. The van der Waals surface area contributed by atoms with Gasteiger partial charge < -0.3 is 24.8 Å². The van der Waals surface area contributed by atoms with Crippen molar-refractivity contribution < 1.29 is 23.4 Å². The number of methoxy groups -OCH3 is 3. The van der Waals surface area contributed by atoms with Crippen molar-refractivity contribution in [1.29, 1.82) is 0 Å². The number of aromatic nitrogens is 3. The van der Waals surface area contributed by atoms with Crippen molar-refractivity contribution in [3.63, 3.8) is 0 Å². The number of likely N-dealkylation sites (tertiary alicyclic amines) is 1. The Balaban J connectivity index is 1.79. The van der Waals surface area contributed by atoms with Crippen molar-refractivity contribution in [3.8, 4) is 23.3 Å². The summed E-state index contributed by atoms with van der Waals surface area (Å²) in [4.78, 5) is 18.3. The molecule has 3 aromatic rings. The Kier molecular flexibility index (Phi) is 6.89. The first-order valence-electron chi connectivity index (χ1n) is 10.9. The summed E-state index contributed by atoms with van der Waals surface area (Å²) in [6.45, 7) is 4.47. The van der Waals surface area contributed by atoms with Gasteiger partial charge >= 0.3 is 0 Å². The summed E-state index contributed by atoms with van der Waals surface area (Å²) < 4.78 is 32.1. The lowest BCUT2D eigenvalue weighted by Gasteiger charge is -2.22. The Labute approximate surface area is 202 Å². The molecule has 1 aliphatic heterocycles. The fraction of sp³-hybridized carbons (Fsp3) is 0.320. The van der Waals surface area contributed by atoms with Gasteiger partial charge in [-0.05, 0) is 24.6 Å². The van der Waals surface area contributed by atoms with Gasteiger partial charge in [-0.3, -0.25) is 4.79 Å². The van der Waals surface area contributed by atoms with Crippen LogP contribution in [0.15, 0.2) is 37.2 Å². The van der Waals surface area contributed by atoms with E-state index in [9.17, 15) is 9.18 Å². The van der Waals surface area contributed by atoms with E-state index in [2.05, 4.69) is 28.5 Å². The maximum absolute atomic E-state index is 14.8. The first-order chi connectivity index (χ1) is 16.9. The van der Waals surface area contributed by atoms with E-state index in [1.165, 1.54) is 38.8 Å². The number of carbonyl (C=O) groups excluding carboxylic acids is 1. The Morgan fingerprint density at radius 3 is 2.71 bits per heavy atom. The average molecular weight is 480 g/mol. The molecule has 0 unspecified atom stereocenters. The van der Waals surface area contributed by atoms with Crippen molar-refractivity contribution in [2.75, 3.05) is 40.2 Å². The molecule has 2 N–H and O–H groups in total. The maximum atomic E-state index is 14.8. The van der Waals surface area contributed by atoms with Crippen LogP contribution in [-0.2, 0) is 9.53 Å². The van der Waals surface area contributed by atoms with Crippen LogP contribution < -0.4 is 15.2 Å². The largest absolute Gasteiger partial charge is 0.497 e. The Bertz CT molecular complexity index is 1340. The predicted octanol–water partition coefficient (Wildman–Crippen LogP) is 2.38. The van der Waals surface area contributed by atoms with Gasteiger partial charge in [0.25, 0.3) is 0 Å². The monoisotopic (exact) mass is 479 g/mol. The second-order valence-electron chi connectivity index (χ2n) is 8.07. The molecule has 9 nitrogen and oxygen atoms in total. The van der Waals surface area contributed by atoms with Crippen LogP contribution >= 0.6 is 0 Å². The Morgan fingerprint density at radius 1 is 1.26 bits per heavy atom. The molecule has 35 heavy (non-hydrogen) atoms. The summed E-state index contributed by atoms with van der Waals surface area (Å²) in [5, 5.41) is 4.38. The fourth-order valence-electron chi connectivity index (χ4n) is 4.41. The van der Waals surface area contributed by atoms with E-state index in [1.807, 2.05) is 6.07 Å². The second kappa shape index (κ2) is 10.0. The minimum atomic E-state index is -0.592. The number of hydrogen-bond acceptors (Lipinski definition) is 7. The van der Waals surface area contributed by atoms with E-state index < -0.39 is 5.82 Å². The number of rotatable bonds is 6. The van der Waals surface area contributed by atoms with Gasteiger partial charge in [0.1, 0.15) is 17.6 Å². The maximum Gasteiger partial charge on any atom is 0.246 e. The molecule has 0 radical (unpaired) electrons. The number of nitrogens with zero attached hydrogens (tertiary/aromatic N) is 4. The lowest BCUT2D eigenvalue weighted by molar-refractivity contribution is -0.127. The molecule has 1 amide bonds. The van der Waals surface area contributed by atoms with E-state index in [1.54, 1.807) is 16.5 Å². The Morgan fingerprint density at radius 2 is 2.03 bits per heavy atom. The van der Waals surface area contributed by atoms with Gasteiger partial charge in [0, 0.05) is 31.3 Å². The summed E-state index contributed by atoms with van der Waals surface area (Å²) in [5.74, 6) is 5.75. The quantitative estimate of drug-likeness (QED) is 0.428. The number of nitrogens with two attached hydrogens (primary N) is 1. The first-order valence-corrected chi connectivity index (χ1v) is 10.9. The topological polar surface area (TPSA) is 104 Å².